The van der Waals surface area contributed by atoms with Crippen molar-refractivity contribution in [2.75, 3.05) is 0 Å². The van der Waals surface area contributed by atoms with Crippen molar-refractivity contribution >= 4 is 12.1 Å². The summed E-state index contributed by atoms with van der Waals surface area (Å²) in [6.45, 7) is 8.62. The molecule has 1 aliphatic rings. The Hall–Kier alpha value is -2.08. The Kier molecular flexibility index (Phi) is 4.39. The molecule has 1 fully saturated rings. The maximum atomic E-state index is 12.7. The van der Waals surface area contributed by atoms with E-state index in [0.29, 0.717) is 5.56 Å². The van der Waals surface area contributed by atoms with E-state index in [1.54, 1.807) is 58.9 Å². The zero-order valence-electron chi connectivity index (χ0n) is 14.1. The first-order valence-corrected chi connectivity index (χ1v) is 7.51. The van der Waals surface area contributed by atoms with Crippen LogP contribution in [-0.2, 0) is 14.3 Å². The number of aliphatic carboxylic acids is 1. The lowest BCUT2D eigenvalue weighted by Gasteiger charge is -2.35. The van der Waals surface area contributed by atoms with Crippen molar-refractivity contribution in [3.8, 4) is 0 Å². The lowest BCUT2D eigenvalue weighted by atomic mass is 10.0. The van der Waals surface area contributed by atoms with Gasteiger partial charge in [0.1, 0.15) is 17.4 Å². The zero-order valence-corrected chi connectivity index (χ0v) is 14.1. The van der Waals surface area contributed by atoms with E-state index in [0.717, 1.165) is 0 Å². The van der Waals surface area contributed by atoms with Crippen molar-refractivity contribution in [2.24, 2.45) is 0 Å². The molecule has 0 aliphatic carbocycles. The van der Waals surface area contributed by atoms with Crippen molar-refractivity contribution in [2.45, 2.75) is 58.1 Å². The fourth-order valence-electron chi connectivity index (χ4n) is 2.71. The first kappa shape index (κ1) is 17.3. The number of hydrogen-bond donors (Lipinski definition) is 1. The maximum absolute atomic E-state index is 12.7. The summed E-state index contributed by atoms with van der Waals surface area (Å²) in [5.41, 5.74) is -1.09. The summed E-state index contributed by atoms with van der Waals surface area (Å²) in [6, 6.07) is 8.24. The quantitative estimate of drug-likeness (QED) is 0.905. The third-order valence-electron chi connectivity index (χ3n) is 3.54. The van der Waals surface area contributed by atoms with Gasteiger partial charge in [0, 0.05) is 0 Å². The van der Waals surface area contributed by atoms with Crippen LogP contribution in [0, 0.1) is 0 Å². The molecule has 6 heteroatoms. The molecule has 1 heterocycles. The summed E-state index contributed by atoms with van der Waals surface area (Å²) in [5, 5.41) is 9.51. The zero-order chi connectivity index (χ0) is 17.4. The summed E-state index contributed by atoms with van der Waals surface area (Å²) in [5.74, 6) is -1.11. The third-order valence-corrected chi connectivity index (χ3v) is 3.54. The van der Waals surface area contributed by atoms with Crippen molar-refractivity contribution in [1.29, 1.82) is 0 Å². The topological polar surface area (TPSA) is 76.1 Å². The summed E-state index contributed by atoms with van der Waals surface area (Å²) in [6.07, 6.45) is -1.75. The highest BCUT2D eigenvalue weighted by Gasteiger charge is 2.54. The number of benzene rings is 1. The molecule has 0 unspecified atom stereocenters. The molecule has 1 amide bonds. The molecule has 0 aromatic heterocycles. The molecule has 2 rings (SSSR count). The molecule has 1 aromatic rings. The largest absolute Gasteiger partial charge is 0.479 e. The summed E-state index contributed by atoms with van der Waals surface area (Å²) in [4.78, 5) is 25.6. The number of carbonyl (C=O) groups excluding carboxylic acids is 1. The first-order valence-electron chi connectivity index (χ1n) is 7.51. The number of rotatable bonds is 2. The predicted molar refractivity (Wildman–Crippen MR) is 83.8 cm³/mol. The second-order valence-electron chi connectivity index (χ2n) is 7.03. The van der Waals surface area contributed by atoms with Gasteiger partial charge in [-0.1, -0.05) is 30.3 Å². The van der Waals surface area contributed by atoms with Gasteiger partial charge < -0.3 is 14.6 Å². The van der Waals surface area contributed by atoms with Gasteiger partial charge in [-0.15, -0.1) is 0 Å². The Balaban J connectivity index is 2.46. The van der Waals surface area contributed by atoms with Gasteiger partial charge in [-0.05, 0) is 40.2 Å². The monoisotopic (exact) mass is 321 g/mol. The van der Waals surface area contributed by atoms with Crippen LogP contribution in [0.4, 0.5) is 4.79 Å². The number of ether oxygens (including phenoxy) is 2. The molecule has 1 aliphatic heterocycles. The Morgan fingerprint density at radius 2 is 1.78 bits per heavy atom. The second-order valence-corrected chi connectivity index (χ2v) is 7.03. The Morgan fingerprint density at radius 3 is 2.26 bits per heavy atom. The number of amides is 1. The average molecular weight is 321 g/mol. The molecular formula is C17H23NO5. The van der Waals surface area contributed by atoms with E-state index in [2.05, 4.69) is 0 Å². The van der Waals surface area contributed by atoms with Crippen LogP contribution in [0.2, 0.25) is 0 Å². The van der Waals surface area contributed by atoms with E-state index in [1.165, 1.54) is 4.90 Å². The van der Waals surface area contributed by atoms with Crippen LogP contribution in [-0.4, -0.2) is 39.5 Å². The normalized spacial score (nSPS) is 23.6. The van der Waals surface area contributed by atoms with Gasteiger partial charge in [-0.3, -0.25) is 4.90 Å². The van der Waals surface area contributed by atoms with E-state index in [4.69, 9.17) is 9.47 Å². The standard InChI is InChI=1S/C17H23NO5/c1-16(2,3)23-15(21)18-12(11-9-7-6-8-10-11)13(14(19)20)22-17(18,4)5/h6-10,12-13H,1-5H3,(H,19,20)/t12-,13-/m0/s1. The highest BCUT2D eigenvalue weighted by atomic mass is 16.6. The van der Waals surface area contributed by atoms with Crippen LogP contribution < -0.4 is 0 Å². The molecular weight excluding hydrogens is 298 g/mol. The van der Waals surface area contributed by atoms with Gasteiger partial charge in [-0.2, -0.15) is 0 Å². The SMILES string of the molecule is CC(C)(C)OC(=O)N1[C@@H](c2ccccc2)[C@@H](C(=O)O)OC1(C)C. The minimum absolute atomic E-state index is 0.597. The average Bonchev–Trinajstić information content (AvgIpc) is 2.69. The van der Waals surface area contributed by atoms with E-state index in [-0.39, 0.29) is 0 Å². The van der Waals surface area contributed by atoms with Gasteiger partial charge in [0.2, 0.25) is 0 Å². The fourth-order valence-corrected chi connectivity index (χ4v) is 2.71. The van der Waals surface area contributed by atoms with Gasteiger partial charge in [0.25, 0.3) is 0 Å². The summed E-state index contributed by atoms with van der Waals surface area (Å²) >= 11 is 0. The van der Waals surface area contributed by atoms with Crippen LogP contribution in [0.1, 0.15) is 46.2 Å². The van der Waals surface area contributed by atoms with Crippen molar-refractivity contribution < 1.29 is 24.2 Å². The minimum Gasteiger partial charge on any atom is -0.479 e. The lowest BCUT2D eigenvalue weighted by Crippen LogP contribution is -2.47. The number of carboxylic acids is 1. The molecule has 1 aromatic carbocycles. The van der Waals surface area contributed by atoms with Crippen molar-refractivity contribution in [3.05, 3.63) is 35.9 Å². The van der Waals surface area contributed by atoms with Crippen LogP contribution >= 0.6 is 0 Å². The van der Waals surface area contributed by atoms with Gasteiger partial charge >= 0.3 is 12.1 Å². The lowest BCUT2D eigenvalue weighted by molar-refractivity contribution is -0.155. The first-order chi connectivity index (χ1) is 10.5. The fraction of sp³-hybridized carbons (Fsp3) is 0.529. The molecule has 0 radical (unpaired) electrons. The van der Waals surface area contributed by atoms with E-state index in [1.807, 2.05) is 6.07 Å². The summed E-state index contributed by atoms with van der Waals surface area (Å²) in [7, 11) is 0. The van der Waals surface area contributed by atoms with Crippen LogP contribution in [0.5, 0.6) is 0 Å². The highest BCUT2D eigenvalue weighted by Crippen LogP contribution is 2.42. The van der Waals surface area contributed by atoms with Crippen LogP contribution in [0.3, 0.4) is 0 Å². The molecule has 0 saturated carbocycles. The van der Waals surface area contributed by atoms with E-state index in [9.17, 15) is 14.7 Å². The predicted octanol–water partition coefficient (Wildman–Crippen LogP) is 3.18. The second kappa shape index (κ2) is 5.85. The van der Waals surface area contributed by atoms with Gasteiger partial charge in [0.05, 0.1) is 0 Å². The van der Waals surface area contributed by atoms with E-state index >= 15 is 0 Å². The van der Waals surface area contributed by atoms with Gasteiger partial charge in [0.15, 0.2) is 6.10 Å². The maximum Gasteiger partial charge on any atom is 0.413 e. The van der Waals surface area contributed by atoms with E-state index < -0.39 is 35.5 Å². The molecule has 126 valence electrons. The van der Waals surface area contributed by atoms with Crippen LogP contribution in [0.25, 0.3) is 0 Å². The van der Waals surface area contributed by atoms with Crippen molar-refractivity contribution in [1.82, 2.24) is 4.90 Å². The number of nitrogens with zero attached hydrogens (tertiary/aromatic N) is 1. The third kappa shape index (κ3) is 3.64. The summed E-state index contributed by atoms with van der Waals surface area (Å²) < 4.78 is 11.1. The minimum atomic E-state index is -1.15. The van der Waals surface area contributed by atoms with Gasteiger partial charge in [-0.25, -0.2) is 9.59 Å². The number of carbonyl (C=O) groups is 2. The molecule has 23 heavy (non-hydrogen) atoms. The molecule has 6 nitrogen and oxygen atoms in total. The number of carboxylic acid groups (broad SMARTS) is 1. The Bertz CT molecular complexity index is 591. The highest BCUT2D eigenvalue weighted by molar-refractivity contribution is 5.78. The van der Waals surface area contributed by atoms with Crippen LogP contribution in [0.15, 0.2) is 30.3 Å². The molecule has 1 N–H and O–H groups in total. The number of hydrogen-bond acceptors (Lipinski definition) is 4. The van der Waals surface area contributed by atoms with Crippen molar-refractivity contribution in [3.63, 3.8) is 0 Å². The Labute approximate surface area is 136 Å². The smallest absolute Gasteiger partial charge is 0.413 e. The molecule has 2 atom stereocenters. The molecule has 0 bridgehead atoms. The Morgan fingerprint density at radius 1 is 1.22 bits per heavy atom. The molecule has 1 saturated heterocycles. The molecule has 0 spiro atoms.